The standard InChI is InChI=1S/C17H18BrNO5S/c1-12-10-15(8-9-16(12)23-2)25(21,22)19(11-17(20)24-3)14-6-4-13(18)5-7-14/h4-10H,11H2,1-3H3. The Hall–Kier alpha value is -2.06. The van der Waals surface area contributed by atoms with Gasteiger partial charge in [-0.3, -0.25) is 9.10 Å². The maximum Gasteiger partial charge on any atom is 0.326 e. The highest BCUT2D eigenvalue weighted by Gasteiger charge is 2.28. The first-order chi connectivity index (χ1) is 11.8. The molecule has 134 valence electrons. The van der Waals surface area contributed by atoms with Crippen molar-refractivity contribution in [2.75, 3.05) is 25.1 Å². The number of halogens is 1. The molecule has 0 aliphatic rings. The first-order valence-corrected chi connectivity index (χ1v) is 9.52. The van der Waals surface area contributed by atoms with E-state index in [1.54, 1.807) is 37.3 Å². The summed E-state index contributed by atoms with van der Waals surface area (Å²) in [6.45, 7) is 1.33. The van der Waals surface area contributed by atoms with Crippen molar-refractivity contribution in [3.05, 3.63) is 52.5 Å². The van der Waals surface area contributed by atoms with Crippen molar-refractivity contribution in [1.82, 2.24) is 0 Å². The molecule has 0 radical (unpaired) electrons. The number of methoxy groups -OCH3 is 2. The molecule has 0 atom stereocenters. The highest BCUT2D eigenvalue weighted by atomic mass is 79.9. The molecule has 0 unspecified atom stereocenters. The molecule has 0 amide bonds. The quantitative estimate of drug-likeness (QED) is 0.662. The lowest BCUT2D eigenvalue weighted by Crippen LogP contribution is -2.36. The van der Waals surface area contributed by atoms with E-state index < -0.39 is 22.5 Å². The second-order valence-electron chi connectivity index (χ2n) is 5.20. The number of nitrogens with zero attached hydrogens (tertiary/aromatic N) is 1. The summed E-state index contributed by atoms with van der Waals surface area (Å²) < 4.78 is 37.8. The first kappa shape index (κ1) is 19.3. The van der Waals surface area contributed by atoms with E-state index in [0.717, 1.165) is 8.78 Å². The van der Waals surface area contributed by atoms with Gasteiger partial charge >= 0.3 is 5.97 Å². The number of hydrogen-bond acceptors (Lipinski definition) is 5. The number of rotatable bonds is 6. The van der Waals surface area contributed by atoms with Crippen molar-refractivity contribution >= 4 is 37.6 Å². The van der Waals surface area contributed by atoms with E-state index in [2.05, 4.69) is 20.7 Å². The number of ether oxygens (including phenoxy) is 2. The third-order valence-electron chi connectivity index (χ3n) is 3.57. The van der Waals surface area contributed by atoms with Crippen molar-refractivity contribution in [3.8, 4) is 5.75 Å². The van der Waals surface area contributed by atoms with Crippen LogP contribution in [0.3, 0.4) is 0 Å². The van der Waals surface area contributed by atoms with Gasteiger partial charge in [-0.15, -0.1) is 0 Å². The van der Waals surface area contributed by atoms with Crippen LogP contribution in [0.2, 0.25) is 0 Å². The van der Waals surface area contributed by atoms with E-state index in [9.17, 15) is 13.2 Å². The van der Waals surface area contributed by atoms with Crippen molar-refractivity contribution in [1.29, 1.82) is 0 Å². The fourth-order valence-corrected chi connectivity index (χ4v) is 4.00. The van der Waals surface area contributed by atoms with Crippen LogP contribution in [0.1, 0.15) is 5.56 Å². The third-order valence-corrected chi connectivity index (χ3v) is 5.87. The average Bonchev–Trinajstić information content (AvgIpc) is 2.60. The molecule has 2 rings (SSSR count). The predicted molar refractivity (Wildman–Crippen MR) is 98.4 cm³/mol. The number of sulfonamides is 1. The fourth-order valence-electron chi connectivity index (χ4n) is 2.24. The van der Waals surface area contributed by atoms with E-state index in [4.69, 9.17) is 4.74 Å². The van der Waals surface area contributed by atoms with Crippen LogP contribution < -0.4 is 9.04 Å². The van der Waals surface area contributed by atoms with Gasteiger partial charge in [0.1, 0.15) is 12.3 Å². The number of esters is 1. The van der Waals surface area contributed by atoms with Crippen LogP contribution in [-0.4, -0.2) is 35.2 Å². The normalized spacial score (nSPS) is 11.0. The maximum absolute atomic E-state index is 13.1. The molecular formula is C17H18BrNO5S. The van der Waals surface area contributed by atoms with Gasteiger partial charge in [0, 0.05) is 4.47 Å². The Morgan fingerprint density at radius 1 is 1.12 bits per heavy atom. The van der Waals surface area contributed by atoms with Gasteiger partial charge in [0.25, 0.3) is 10.0 Å². The summed E-state index contributed by atoms with van der Waals surface area (Å²) in [5.74, 6) is -0.0705. The number of carbonyl (C=O) groups is 1. The molecule has 0 fully saturated rings. The lowest BCUT2D eigenvalue weighted by atomic mass is 10.2. The molecule has 2 aromatic carbocycles. The van der Waals surface area contributed by atoms with Crippen LogP contribution in [0.25, 0.3) is 0 Å². The summed E-state index contributed by atoms with van der Waals surface area (Å²) in [4.78, 5) is 11.8. The van der Waals surface area contributed by atoms with Gasteiger partial charge in [-0.25, -0.2) is 8.42 Å². The molecule has 2 aromatic rings. The van der Waals surface area contributed by atoms with Crippen LogP contribution in [-0.2, 0) is 19.6 Å². The smallest absolute Gasteiger partial charge is 0.326 e. The fraction of sp³-hybridized carbons (Fsp3) is 0.235. The Bertz CT molecular complexity index is 865. The highest BCUT2D eigenvalue weighted by Crippen LogP contribution is 2.28. The SMILES string of the molecule is COC(=O)CN(c1ccc(Br)cc1)S(=O)(=O)c1ccc(OC)c(C)c1. The molecule has 0 heterocycles. The largest absolute Gasteiger partial charge is 0.496 e. The third kappa shape index (κ3) is 4.32. The second kappa shape index (κ2) is 7.88. The number of carbonyl (C=O) groups excluding carboxylic acids is 1. The van der Waals surface area contributed by atoms with E-state index in [-0.39, 0.29) is 4.90 Å². The van der Waals surface area contributed by atoms with Crippen molar-refractivity contribution in [2.45, 2.75) is 11.8 Å². The Morgan fingerprint density at radius 3 is 2.28 bits per heavy atom. The molecule has 0 N–H and O–H groups in total. The summed E-state index contributed by atoms with van der Waals surface area (Å²) in [6.07, 6.45) is 0. The Labute approximate surface area is 155 Å². The summed E-state index contributed by atoms with van der Waals surface area (Å²) in [5.41, 5.74) is 1.04. The van der Waals surface area contributed by atoms with Gasteiger partial charge in [-0.1, -0.05) is 15.9 Å². The van der Waals surface area contributed by atoms with Crippen LogP contribution in [0.15, 0.2) is 51.8 Å². The van der Waals surface area contributed by atoms with E-state index in [1.165, 1.54) is 26.4 Å². The van der Waals surface area contributed by atoms with Crippen molar-refractivity contribution in [3.63, 3.8) is 0 Å². The minimum atomic E-state index is -3.96. The predicted octanol–water partition coefficient (Wildman–Crippen LogP) is 3.13. The van der Waals surface area contributed by atoms with Crippen molar-refractivity contribution < 1.29 is 22.7 Å². The zero-order chi connectivity index (χ0) is 18.6. The maximum atomic E-state index is 13.1. The number of anilines is 1. The van der Waals surface area contributed by atoms with E-state index in [1.807, 2.05) is 0 Å². The molecule has 0 bridgehead atoms. The summed E-state index contributed by atoms with van der Waals surface area (Å²) >= 11 is 3.31. The molecule has 0 aliphatic carbocycles. The molecule has 8 heteroatoms. The number of hydrogen-bond donors (Lipinski definition) is 0. The number of aryl methyl sites for hydroxylation is 1. The van der Waals surface area contributed by atoms with Crippen LogP contribution >= 0.6 is 15.9 Å². The lowest BCUT2D eigenvalue weighted by Gasteiger charge is -2.23. The topological polar surface area (TPSA) is 72.9 Å². The van der Waals surface area contributed by atoms with Gasteiger partial charge in [-0.05, 0) is 55.0 Å². The Kier molecular flexibility index (Phi) is 6.07. The summed E-state index contributed by atoms with van der Waals surface area (Å²) in [7, 11) is -1.23. The van der Waals surface area contributed by atoms with Crippen LogP contribution in [0, 0.1) is 6.92 Å². The lowest BCUT2D eigenvalue weighted by molar-refractivity contribution is -0.138. The molecule has 0 saturated carbocycles. The molecule has 25 heavy (non-hydrogen) atoms. The van der Waals surface area contributed by atoms with Gasteiger partial charge in [0.2, 0.25) is 0 Å². The average molecular weight is 428 g/mol. The number of benzene rings is 2. The highest BCUT2D eigenvalue weighted by molar-refractivity contribution is 9.10. The Balaban J connectivity index is 2.52. The molecule has 0 aliphatic heterocycles. The van der Waals surface area contributed by atoms with E-state index in [0.29, 0.717) is 17.0 Å². The van der Waals surface area contributed by atoms with E-state index >= 15 is 0 Å². The molecule has 0 spiro atoms. The van der Waals surface area contributed by atoms with Gasteiger partial charge < -0.3 is 9.47 Å². The minimum absolute atomic E-state index is 0.0672. The minimum Gasteiger partial charge on any atom is -0.496 e. The van der Waals surface area contributed by atoms with Crippen LogP contribution in [0.5, 0.6) is 5.75 Å². The van der Waals surface area contributed by atoms with Gasteiger partial charge in [0.15, 0.2) is 0 Å². The zero-order valence-corrected chi connectivity index (χ0v) is 16.4. The molecule has 0 saturated heterocycles. The van der Waals surface area contributed by atoms with Gasteiger partial charge in [0.05, 0.1) is 24.8 Å². The van der Waals surface area contributed by atoms with Crippen LogP contribution in [0.4, 0.5) is 5.69 Å². The molecule has 0 aromatic heterocycles. The summed E-state index contributed by atoms with van der Waals surface area (Å²) in [6, 6.07) is 11.2. The molecule has 6 nitrogen and oxygen atoms in total. The first-order valence-electron chi connectivity index (χ1n) is 7.29. The summed E-state index contributed by atoms with van der Waals surface area (Å²) in [5, 5.41) is 0. The zero-order valence-electron chi connectivity index (χ0n) is 14.0. The monoisotopic (exact) mass is 427 g/mol. The molecular weight excluding hydrogens is 410 g/mol. The second-order valence-corrected chi connectivity index (χ2v) is 7.97. The van der Waals surface area contributed by atoms with Gasteiger partial charge in [-0.2, -0.15) is 0 Å². The Morgan fingerprint density at radius 2 is 1.76 bits per heavy atom. The van der Waals surface area contributed by atoms with Crippen molar-refractivity contribution in [2.24, 2.45) is 0 Å².